The Bertz CT molecular complexity index is 1070. The van der Waals surface area contributed by atoms with Crippen LogP contribution in [0.1, 0.15) is 73.3 Å². The molecule has 10 heteroatoms. The Hall–Kier alpha value is -2.62. The first-order chi connectivity index (χ1) is 15.4. The second-order valence-corrected chi connectivity index (χ2v) is 9.89. The molecule has 6 nitrogen and oxygen atoms in total. The van der Waals surface area contributed by atoms with E-state index in [1.807, 2.05) is 13.8 Å². The first kappa shape index (κ1) is 23.5. The van der Waals surface area contributed by atoms with Gasteiger partial charge in [-0.25, -0.2) is 9.07 Å². The maximum absolute atomic E-state index is 15.0. The minimum absolute atomic E-state index is 0.0975. The third kappa shape index (κ3) is 4.71. The van der Waals surface area contributed by atoms with Gasteiger partial charge in [0.2, 0.25) is 0 Å². The van der Waals surface area contributed by atoms with Crippen LogP contribution in [0, 0.1) is 11.2 Å². The van der Waals surface area contributed by atoms with Gasteiger partial charge >= 0.3 is 6.18 Å². The molecule has 1 aromatic heterocycles. The van der Waals surface area contributed by atoms with Crippen molar-refractivity contribution in [2.24, 2.45) is 11.1 Å². The number of nitrogens with two attached hydrogens (primary N) is 1. The van der Waals surface area contributed by atoms with Crippen molar-refractivity contribution in [1.82, 2.24) is 9.78 Å². The fourth-order valence-electron chi connectivity index (χ4n) is 4.89. The number of nitrogens with one attached hydrogen (secondary N) is 1. The lowest BCUT2D eigenvalue weighted by atomic mass is 9.76. The molecule has 1 amide bonds. The van der Waals surface area contributed by atoms with Gasteiger partial charge in [-0.05, 0) is 56.4 Å². The van der Waals surface area contributed by atoms with E-state index in [1.54, 1.807) is 0 Å². The number of halogens is 4. The molecular formula is C23H28F4N4O2. The average molecular weight is 468 g/mol. The summed E-state index contributed by atoms with van der Waals surface area (Å²) in [4.78, 5) is 12.0. The first-order valence-electron chi connectivity index (χ1n) is 11.1. The van der Waals surface area contributed by atoms with Crippen molar-refractivity contribution in [3.63, 3.8) is 0 Å². The molecule has 1 saturated carbocycles. The average Bonchev–Trinajstić information content (AvgIpc) is 3.07. The molecular weight excluding hydrogens is 440 g/mol. The summed E-state index contributed by atoms with van der Waals surface area (Å²) in [6.45, 7) is 3.95. The molecule has 2 aliphatic rings. The number of nitrogens with zero attached hydrogens (tertiary/aromatic N) is 2. The maximum atomic E-state index is 15.0. The lowest BCUT2D eigenvalue weighted by Gasteiger charge is -2.30. The number of benzene rings is 1. The molecule has 4 N–H and O–H groups in total. The number of primary amides is 1. The molecule has 1 fully saturated rings. The fraction of sp³-hybridized carbons (Fsp3) is 0.565. The van der Waals surface area contributed by atoms with Gasteiger partial charge in [0.15, 0.2) is 5.69 Å². The van der Waals surface area contributed by atoms with E-state index in [0.717, 1.165) is 10.7 Å². The second kappa shape index (κ2) is 8.30. The smallest absolute Gasteiger partial charge is 0.393 e. The Kier molecular flexibility index (Phi) is 5.92. The number of carbonyl (C=O) groups is 1. The number of carbonyl (C=O) groups excluding carboxylic acids is 1. The van der Waals surface area contributed by atoms with Gasteiger partial charge < -0.3 is 16.2 Å². The number of hydrogen-bond donors (Lipinski definition) is 3. The van der Waals surface area contributed by atoms with Crippen molar-refractivity contribution >= 4 is 11.6 Å². The molecule has 180 valence electrons. The molecule has 1 heterocycles. The summed E-state index contributed by atoms with van der Waals surface area (Å²) in [5.41, 5.74) is 4.63. The number of aliphatic hydroxyl groups excluding tert-OH is 1. The zero-order valence-electron chi connectivity index (χ0n) is 18.6. The van der Waals surface area contributed by atoms with Crippen LogP contribution >= 0.6 is 0 Å². The minimum Gasteiger partial charge on any atom is -0.393 e. The van der Waals surface area contributed by atoms with Crippen molar-refractivity contribution < 1.29 is 27.5 Å². The summed E-state index contributed by atoms with van der Waals surface area (Å²) in [5.74, 6) is -1.90. The minimum atomic E-state index is -4.63. The van der Waals surface area contributed by atoms with Gasteiger partial charge in [-0.3, -0.25) is 4.79 Å². The molecule has 0 unspecified atom stereocenters. The van der Waals surface area contributed by atoms with Gasteiger partial charge in [0, 0.05) is 23.4 Å². The van der Waals surface area contributed by atoms with Crippen molar-refractivity contribution in [3.8, 4) is 5.69 Å². The Balaban J connectivity index is 1.82. The number of aromatic nitrogens is 2. The van der Waals surface area contributed by atoms with E-state index in [2.05, 4.69) is 10.4 Å². The highest BCUT2D eigenvalue weighted by Crippen LogP contribution is 2.42. The van der Waals surface area contributed by atoms with Crippen LogP contribution in [0.15, 0.2) is 12.1 Å². The van der Waals surface area contributed by atoms with E-state index in [4.69, 9.17) is 5.73 Å². The molecule has 0 radical (unpaired) electrons. The number of aliphatic hydroxyl groups is 1. The van der Waals surface area contributed by atoms with Crippen molar-refractivity contribution in [1.29, 1.82) is 0 Å². The molecule has 0 spiro atoms. The molecule has 0 aliphatic heterocycles. The number of anilines is 1. The van der Waals surface area contributed by atoms with Crippen LogP contribution in [0.5, 0.6) is 0 Å². The van der Waals surface area contributed by atoms with Gasteiger partial charge in [-0.2, -0.15) is 18.3 Å². The molecule has 0 saturated heterocycles. The van der Waals surface area contributed by atoms with Gasteiger partial charge in [-0.15, -0.1) is 0 Å². The van der Waals surface area contributed by atoms with E-state index in [-0.39, 0.29) is 40.4 Å². The zero-order chi connectivity index (χ0) is 24.1. The summed E-state index contributed by atoms with van der Waals surface area (Å²) in [7, 11) is 0. The number of amides is 1. The predicted octanol–water partition coefficient (Wildman–Crippen LogP) is 4.36. The molecule has 33 heavy (non-hydrogen) atoms. The van der Waals surface area contributed by atoms with Crippen LogP contribution in [0.4, 0.5) is 23.2 Å². The standard InChI is InChI=1S/C23H28F4N4O2/c1-22(2)8-7-15-18(11-22)31(30-20(15)23(25,26)27)13-9-16(24)19(21(28)33)17(10-13)29-12-3-5-14(32)6-4-12/h9-10,12,14,29,32H,3-8,11H2,1-2H3,(H2,28,33). The molecule has 4 rings (SSSR count). The third-order valence-electron chi connectivity index (χ3n) is 6.68. The van der Waals surface area contributed by atoms with Crippen LogP contribution in [-0.2, 0) is 19.0 Å². The summed E-state index contributed by atoms with van der Waals surface area (Å²) < 4.78 is 57.4. The molecule has 0 atom stereocenters. The molecule has 2 aromatic rings. The van der Waals surface area contributed by atoms with Crippen molar-refractivity contribution in [2.45, 2.75) is 77.1 Å². The van der Waals surface area contributed by atoms with E-state index in [1.165, 1.54) is 6.07 Å². The van der Waals surface area contributed by atoms with Crippen LogP contribution < -0.4 is 11.1 Å². The predicted molar refractivity (Wildman–Crippen MR) is 115 cm³/mol. The molecule has 2 aliphatic carbocycles. The summed E-state index contributed by atoms with van der Waals surface area (Å²) in [5, 5.41) is 16.7. The Morgan fingerprint density at radius 2 is 1.91 bits per heavy atom. The van der Waals surface area contributed by atoms with Crippen molar-refractivity contribution in [3.05, 3.63) is 40.5 Å². The maximum Gasteiger partial charge on any atom is 0.435 e. The monoisotopic (exact) mass is 468 g/mol. The fourth-order valence-corrected chi connectivity index (χ4v) is 4.89. The molecule has 1 aromatic carbocycles. The number of hydrogen-bond acceptors (Lipinski definition) is 4. The normalized spacial score (nSPS) is 22.6. The summed E-state index contributed by atoms with van der Waals surface area (Å²) in [6.07, 6.45) is -1.53. The van der Waals surface area contributed by atoms with Gasteiger partial charge in [0.1, 0.15) is 5.82 Å². The highest BCUT2D eigenvalue weighted by molar-refractivity contribution is 5.99. The van der Waals surface area contributed by atoms with Gasteiger partial charge in [0.05, 0.1) is 23.0 Å². The lowest BCUT2D eigenvalue weighted by molar-refractivity contribution is -0.142. The number of fused-ring (bicyclic) bond motifs is 1. The molecule has 0 bridgehead atoms. The van der Waals surface area contributed by atoms with Gasteiger partial charge in [0.25, 0.3) is 5.91 Å². The number of alkyl halides is 3. The largest absolute Gasteiger partial charge is 0.435 e. The Morgan fingerprint density at radius 1 is 1.24 bits per heavy atom. The summed E-state index contributed by atoms with van der Waals surface area (Å²) in [6, 6.07) is 2.31. The summed E-state index contributed by atoms with van der Waals surface area (Å²) >= 11 is 0. The SMILES string of the molecule is CC1(C)CCc2c(C(F)(F)F)nn(-c3cc(F)c(C(N)=O)c(NC4CCC(O)CC4)c3)c2C1. The van der Waals surface area contributed by atoms with E-state index < -0.39 is 29.7 Å². The topological polar surface area (TPSA) is 93.2 Å². The van der Waals surface area contributed by atoms with E-state index in [9.17, 15) is 23.1 Å². The quantitative estimate of drug-likeness (QED) is 0.582. The lowest BCUT2D eigenvalue weighted by Crippen LogP contribution is -2.30. The second-order valence-electron chi connectivity index (χ2n) is 9.89. The Morgan fingerprint density at radius 3 is 2.52 bits per heavy atom. The van der Waals surface area contributed by atoms with Crippen LogP contribution in [0.3, 0.4) is 0 Å². The number of rotatable bonds is 4. The Labute approximate surface area is 189 Å². The van der Waals surface area contributed by atoms with Crippen LogP contribution in [0.25, 0.3) is 5.69 Å². The third-order valence-corrected chi connectivity index (χ3v) is 6.68. The van der Waals surface area contributed by atoms with E-state index >= 15 is 4.39 Å². The van der Waals surface area contributed by atoms with E-state index in [0.29, 0.717) is 44.2 Å². The van der Waals surface area contributed by atoms with Gasteiger partial charge in [-0.1, -0.05) is 13.8 Å². The zero-order valence-corrected chi connectivity index (χ0v) is 18.6. The highest BCUT2D eigenvalue weighted by Gasteiger charge is 2.42. The van der Waals surface area contributed by atoms with Crippen LogP contribution in [-0.4, -0.2) is 32.9 Å². The highest BCUT2D eigenvalue weighted by atomic mass is 19.4. The van der Waals surface area contributed by atoms with Crippen molar-refractivity contribution in [2.75, 3.05) is 5.32 Å². The van der Waals surface area contributed by atoms with Crippen LogP contribution in [0.2, 0.25) is 0 Å². The first-order valence-corrected chi connectivity index (χ1v) is 11.1.